The highest BCUT2D eigenvalue weighted by atomic mass is 28.4. The van der Waals surface area contributed by atoms with Crippen molar-refractivity contribution < 1.29 is 23.9 Å². The highest BCUT2D eigenvalue weighted by molar-refractivity contribution is 6.74. The molecule has 1 aliphatic heterocycles. The Morgan fingerprint density at radius 2 is 1.85 bits per heavy atom. The molecule has 1 amide bonds. The number of methoxy groups -OCH3 is 1. The number of carboxylic acids is 1. The molecule has 7 heteroatoms. The van der Waals surface area contributed by atoms with Gasteiger partial charge in [0.1, 0.15) is 6.04 Å². The van der Waals surface area contributed by atoms with Crippen LogP contribution in [0.2, 0.25) is 18.1 Å². The summed E-state index contributed by atoms with van der Waals surface area (Å²) in [6.07, 6.45) is -0.536. The van der Waals surface area contributed by atoms with Gasteiger partial charge < -0.3 is 14.3 Å². The third kappa shape index (κ3) is 3.52. The van der Waals surface area contributed by atoms with Crippen LogP contribution >= 0.6 is 0 Å². The van der Waals surface area contributed by atoms with Crippen molar-refractivity contribution >= 4 is 20.4 Å². The largest absolute Gasteiger partial charge is 0.480 e. The third-order valence-electron chi connectivity index (χ3n) is 4.22. The lowest BCUT2D eigenvalue weighted by Gasteiger charge is -2.38. The van der Waals surface area contributed by atoms with Crippen molar-refractivity contribution in [3.05, 3.63) is 0 Å². The molecule has 0 aromatic rings. The average Bonchev–Trinajstić information content (AvgIpc) is 2.69. The van der Waals surface area contributed by atoms with Crippen LogP contribution in [0.3, 0.4) is 0 Å². The molecule has 0 aromatic heterocycles. The molecule has 0 bridgehead atoms. The molecule has 6 nitrogen and oxygen atoms in total. The zero-order chi connectivity index (χ0) is 15.7. The number of carboxylic acid groups (broad SMARTS) is 1. The number of hydrogen-bond donors (Lipinski definition) is 1. The van der Waals surface area contributed by atoms with Gasteiger partial charge in [-0.1, -0.05) is 20.8 Å². The smallest absolute Gasteiger partial charge is 0.410 e. The lowest BCUT2D eigenvalue weighted by molar-refractivity contribution is -0.141. The number of aliphatic carboxylic acids is 1. The van der Waals surface area contributed by atoms with Crippen molar-refractivity contribution in [1.29, 1.82) is 0 Å². The molecule has 0 saturated carbocycles. The first-order valence-corrected chi connectivity index (χ1v) is 9.65. The Morgan fingerprint density at radius 1 is 1.30 bits per heavy atom. The molecule has 20 heavy (non-hydrogen) atoms. The molecular formula is C13H25NO5Si. The third-order valence-corrected chi connectivity index (χ3v) is 8.76. The summed E-state index contributed by atoms with van der Waals surface area (Å²) in [6, 6.07) is -0.864. The van der Waals surface area contributed by atoms with Gasteiger partial charge in [-0.2, -0.15) is 0 Å². The second kappa shape index (κ2) is 5.73. The number of likely N-dealkylation sites (tertiary alicyclic amines) is 1. The van der Waals surface area contributed by atoms with Gasteiger partial charge in [0.05, 0.1) is 13.2 Å². The van der Waals surface area contributed by atoms with E-state index >= 15 is 0 Å². The van der Waals surface area contributed by atoms with Crippen LogP contribution in [0.1, 0.15) is 27.2 Å². The van der Waals surface area contributed by atoms with Crippen LogP contribution in [0.4, 0.5) is 4.79 Å². The summed E-state index contributed by atoms with van der Waals surface area (Å²) >= 11 is 0. The van der Waals surface area contributed by atoms with Crippen molar-refractivity contribution in [2.75, 3.05) is 13.7 Å². The van der Waals surface area contributed by atoms with Crippen LogP contribution in [0.15, 0.2) is 0 Å². The molecule has 2 atom stereocenters. The first-order valence-electron chi connectivity index (χ1n) is 6.75. The molecule has 1 fully saturated rings. The standard InChI is InChI=1S/C13H25NO5Si/c1-13(2,3)20(5,6)19-9-7-10(11(15)16)14(8-9)12(17)18-4/h9-10H,7-8H2,1-6H3,(H,15,16)/t9?,10-/m1/s1. The van der Waals surface area contributed by atoms with E-state index in [1.54, 1.807) is 0 Å². The van der Waals surface area contributed by atoms with E-state index in [2.05, 4.69) is 38.6 Å². The SMILES string of the molecule is COC(=O)N1CC(O[Si](C)(C)C(C)(C)C)C[C@@H]1C(=O)O. The fraction of sp³-hybridized carbons (Fsp3) is 0.846. The molecule has 1 N–H and O–H groups in total. The van der Waals surface area contributed by atoms with Crippen LogP contribution in [-0.2, 0) is 14.0 Å². The van der Waals surface area contributed by atoms with Gasteiger partial charge in [0.2, 0.25) is 0 Å². The molecule has 0 radical (unpaired) electrons. The second-order valence-corrected chi connectivity index (χ2v) is 11.5. The molecule has 0 spiro atoms. The van der Waals surface area contributed by atoms with Crippen LogP contribution in [0, 0.1) is 0 Å². The Balaban J connectivity index is 2.81. The van der Waals surface area contributed by atoms with Gasteiger partial charge in [-0.05, 0) is 18.1 Å². The van der Waals surface area contributed by atoms with Crippen molar-refractivity contribution in [2.45, 2.75) is 57.5 Å². The number of carbonyl (C=O) groups is 2. The predicted molar refractivity (Wildman–Crippen MR) is 77.2 cm³/mol. The molecule has 1 unspecified atom stereocenters. The molecule has 0 aliphatic carbocycles. The van der Waals surface area contributed by atoms with Crippen molar-refractivity contribution in [3.8, 4) is 0 Å². The summed E-state index contributed by atoms with van der Waals surface area (Å²) in [5.74, 6) is -1.02. The zero-order valence-corrected chi connectivity index (χ0v) is 14.1. The van der Waals surface area contributed by atoms with Crippen molar-refractivity contribution in [3.63, 3.8) is 0 Å². The first-order chi connectivity index (χ1) is 8.99. The maximum Gasteiger partial charge on any atom is 0.410 e. The van der Waals surface area contributed by atoms with Crippen LogP contribution in [0.25, 0.3) is 0 Å². The normalized spacial score (nSPS) is 23.8. The summed E-state index contributed by atoms with van der Waals surface area (Å²) in [6.45, 7) is 10.9. The topological polar surface area (TPSA) is 76.1 Å². The van der Waals surface area contributed by atoms with E-state index in [1.165, 1.54) is 12.0 Å². The Bertz CT molecular complexity index is 391. The molecule has 116 valence electrons. The lowest BCUT2D eigenvalue weighted by atomic mass is 10.2. The Kier molecular flexibility index (Phi) is 4.86. The lowest BCUT2D eigenvalue weighted by Crippen LogP contribution is -2.45. The van der Waals surface area contributed by atoms with E-state index in [1.807, 2.05) is 0 Å². The molecule has 1 rings (SSSR count). The minimum Gasteiger partial charge on any atom is -0.480 e. The fourth-order valence-corrected chi connectivity index (χ4v) is 3.39. The summed E-state index contributed by atoms with van der Waals surface area (Å²) in [5.41, 5.74) is 0. The van der Waals surface area contributed by atoms with E-state index in [0.29, 0.717) is 6.42 Å². The van der Waals surface area contributed by atoms with Gasteiger partial charge in [0.25, 0.3) is 0 Å². The fourth-order valence-electron chi connectivity index (χ4n) is 2.03. The highest BCUT2D eigenvalue weighted by Gasteiger charge is 2.45. The van der Waals surface area contributed by atoms with Crippen molar-refractivity contribution in [1.82, 2.24) is 4.90 Å². The summed E-state index contributed by atoms with van der Waals surface area (Å²) in [7, 11) is -0.727. The molecule has 1 aliphatic rings. The van der Waals surface area contributed by atoms with Gasteiger partial charge in [-0.15, -0.1) is 0 Å². The van der Waals surface area contributed by atoms with E-state index in [-0.39, 0.29) is 17.7 Å². The predicted octanol–water partition coefficient (Wildman–Crippen LogP) is 2.30. The zero-order valence-electron chi connectivity index (χ0n) is 13.1. The Morgan fingerprint density at radius 3 is 2.25 bits per heavy atom. The van der Waals surface area contributed by atoms with Gasteiger partial charge >= 0.3 is 12.1 Å². The molecular weight excluding hydrogens is 278 g/mol. The van der Waals surface area contributed by atoms with E-state index in [0.717, 1.165) is 0 Å². The minimum absolute atomic E-state index is 0.0460. The molecule has 0 aromatic carbocycles. The molecule has 1 heterocycles. The Labute approximate surface area is 121 Å². The molecule has 1 saturated heterocycles. The monoisotopic (exact) mass is 303 g/mol. The minimum atomic E-state index is -1.98. The summed E-state index contributed by atoms with van der Waals surface area (Å²) < 4.78 is 10.8. The van der Waals surface area contributed by atoms with Gasteiger partial charge in [0, 0.05) is 13.0 Å². The van der Waals surface area contributed by atoms with Gasteiger partial charge in [-0.25, -0.2) is 9.59 Å². The van der Waals surface area contributed by atoms with E-state index in [9.17, 15) is 14.7 Å². The maximum atomic E-state index is 11.6. The van der Waals surface area contributed by atoms with Crippen LogP contribution in [0.5, 0.6) is 0 Å². The van der Waals surface area contributed by atoms with E-state index in [4.69, 9.17) is 4.43 Å². The van der Waals surface area contributed by atoms with Gasteiger partial charge in [-0.3, -0.25) is 4.90 Å². The number of ether oxygens (including phenoxy) is 1. The maximum absolute atomic E-state index is 11.6. The number of nitrogens with zero attached hydrogens (tertiary/aromatic N) is 1. The van der Waals surface area contributed by atoms with Gasteiger partial charge in [0.15, 0.2) is 8.32 Å². The number of rotatable bonds is 3. The quantitative estimate of drug-likeness (QED) is 0.810. The average molecular weight is 303 g/mol. The second-order valence-electron chi connectivity index (χ2n) is 6.71. The highest BCUT2D eigenvalue weighted by Crippen LogP contribution is 2.38. The summed E-state index contributed by atoms with van der Waals surface area (Å²) in [4.78, 5) is 24.1. The number of amides is 1. The number of hydrogen-bond acceptors (Lipinski definition) is 4. The Hall–Kier alpha value is -1.08. The van der Waals surface area contributed by atoms with Crippen molar-refractivity contribution in [2.24, 2.45) is 0 Å². The first kappa shape index (κ1) is 17.0. The number of carbonyl (C=O) groups excluding carboxylic acids is 1. The van der Waals surface area contributed by atoms with Crippen LogP contribution < -0.4 is 0 Å². The summed E-state index contributed by atoms with van der Waals surface area (Å²) in [5, 5.41) is 9.26. The van der Waals surface area contributed by atoms with Crippen LogP contribution in [-0.4, -0.2) is 56.2 Å². The van der Waals surface area contributed by atoms with E-state index < -0.39 is 26.4 Å².